The van der Waals surface area contributed by atoms with Crippen molar-refractivity contribution in [2.75, 3.05) is 32.9 Å². The summed E-state index contributed by atoms with van der Waals surface area (Å²) >= 11 is 0. The molecule has 2 spiro atoms. The van der Waals surface area contributed by atoms with Crippen LogP contribution in [-0.4, -0.2) is 102 Å². The molecule has 0 aromatic carbocycles. The van der Waals surface area contributed by atoms with Crippen molar-refractivity contribution in [2.45, 2.75) is 162 Å². The fourth-order valence-electron chi connectivity index (χ4n) is 14.4. The zero-order valence-corrected chi connectivity index (χ0v) is 32.4. The number of hydrogen-bond acceptors (Lipinski definition) is 9. The van der Waals surface area contributed by atoms with Gasteiger partial charge in [-0.3, -0.25) is 9.69 Å². The highest BCUT2D eigenvalue weighted by Crippen LogP contribution is 2.89. The molecule has 8 fully saturated rings. The van der Waals surface area contributed by atoms with Crippen LogP contribution < -0.4 is 0 Å². The predicted octanol–water partition coefficient (Wildman–Crippen LogP) is 5.58. The van der Waals surface area contributed by atoms with E-state index < -0.39 is 23.9 Å². The Morgan fingerprint density at radius 2 is 1.70 bits per heavy atom. The van der Waals surface area contributed by atoms with Crippen LogP contribution in [0.25, 0.3) is 0 Å². The van der Waals surface area contributed by atoms with Crippen LogP contribution in [0.2, 0.25) is 0 Å². The molecule has 8 aliphatic rings. The molecule has 0 radical (unpaired) electrons. The molecule has 0 aromatic heterocycles. The number of esters is 1. The van der Waals surface area contributed by atoms with E-state index in [0.717, 1.165) is 52.2 Å². The summed E-state index contributed by atoms with van der Waals surface area (Å²) in [5.74, 6) is 0.899. The van der Waals surface area contributed by atoms with Gasteiger partial charge in [-0.25, -0.2) is 0 Å². The Kier molecular flexibility index (Phi) is 8.57. The van der Waals surface area contributed by atoms with Gasteiger partial charge in [-0.15, -0.1) is 0 Å². The van der Waals surface area contributed by atoms with E-state index in [9.17, 15) is 15.0 Å². The topological polar surface area (TPSA) is 107 Å². The third-order valence-electron chi connectivity index (χ3n) is 17.0. The van der Waals surface area contributed by atoms with Crippen molar-refractivity contribution in [1.82, 2.24) is 4.90 Å². The number of nitrogens with zero attached hydrogens (tertiary/aromatic N) is 1. The van der Waals surface area contributed by atoms with Crippen molar-refractivity contribution < 1.29 is 38.7 Å². The number of aliphatic hydroxyl groups excluding tert-OH is 1. The van der Waals surface area contributed by atoms with Crippen molar-refractivity contribution in [2.24, 2.45) is 56.7 Å². The normalized spacial score (nSPS) is 50.6. The van der Waals surface area contributed by atoms with Gasteiger partial charge in [-0.2, -0.15) is 0 Å². The van der Waals surface area contributed by atoms with Gasteiger partial charge < -0.3 is 33.9 Å². The third kappa shape index (κ3) is 4.91. The van der Waals surface area contributed by atoms with E-state index in [1.165, 1.54) is 25.7 Å². The monoisotopic (exact) mass is 701 g/mol. The van der Waals surface area contributed by atoms with Gasteiger partial charge in [-0.05, 0) is 111 Å². The number of carbonyl (C=O) groups excluding carboxylic acids is 1. The summed E-state index contributed by atoms with van der Waals surface area (Å²) in [6.45, 7) is 23.4. The molecule has 8 unspecified atom stereocenters. The first-order valence-corrected chi connectivity index (χ1v) is 20.3. The van der Waals surface area contributed by atoms with Gasteiger partial charge in [0.1, 0.15) is 0 Å². The van der Waals surface area contributed by atoms with E-state index in [1.54, 1.807) is 13.8 Å². The van der Waals surface area contributed by atoms with Crippen LogP contribution in [0.4, 0.5) is 0 Å². The average Bonchev–Trinajstić information content (AvgIpc) is 3.64. The average molecular weight is 702 g/mol. The standard InChI is InChI=1S/C41H67NO8/c1-23(2)35(44)50-34(37(6,7)45)26-18-24(3)31-32(48-26)33(43)39(9)28-11-10-27-36(4,5)29(49-30-19-42(16-17-47-30)25-20-46-21-25)12-13-40(27)22-41(28,40)15-14-38(31,39)8/h23-34,43,45H,10-22H2,1-9H3/t24-,26?,27+,28?,29?,30+,31+,32?,33+,34?,38?,39-,40?,41?/m1/s1. The first-order chi connectivity index (χ1) is 23.4. The van der Waals surface area contributed by atoms with Crippen LogP contribution in [0.1, 0.15) is 114 Å². The van der Waals surface area contributed by atoms with Crippen molar-refractivity contribution in [1.29, 1.82) is 0 Å². The first-order valence-electron chi connectivity index (χ1n) is 20.3. The van der Waals surface area contributed by atoms with Gasteiger partial charge in [0, 0.05) is 12.0 Å². The Labute approximate surface area is 300 Å². The molecule has 284 valence electrons. The van der Waals surface area contributed by atoms with Crippen LogP contribution in [0.3, 0.4) is 0 Å². The van der Waals surface area contributed by atoms with E-state index in [0.29, 0.717) is 29.7 Å². The maximum atomic E-state index is 12.8. The molecule has 3 saturated heterocycles. The minimum Gasteiger partial charge on any atom is -0.456 e. The summed E-state index contributed by atoms with van der Waals surface area (Å²) in [6, 6.07) is 0.506. The summed E-state index contributed by atoms with van der Waals surface area (Å²) in [5.41, 5.74) is -0.984. The molecular weight excluding hydrogens is 634 g/mol. The van der Waals surface area contributed by atoms with Gasteiger partial charge in [0.15, 0.2) is 12.4 Å². The molecule has 5 aliphatic carbocycles. The second-order valence-corrected chi connectivity index (χ2v) is 20.3. The Morgan fingerprint density at radius 3 is 2.36 bits per heavy atom. The van der Waals surface area contributed by atoms with Crippen LogP contribution in [0.15, 0.2) is 0 Å². The third-order valence-corrected chi connectivity index (χ3v) is 17.0. The smallest absolute Gasteiger partial charge is 0.308 e. The van der Waals surface area contributed by atoms with Crippen molar-refractivity contribution in [3.05, 3.63) is 0 Å². The maximum Gasteiger partial charge on any atom is 0.308 e. The molecule has 0 aromatic rings. The molecule has 50 heavy (non-hydrogen) atoms. The number of ether oxygens (including phenoxy) is 5. The number of rotatable bonds is 7. The number of aliphatic hydroxyl groups is 2. The molecule has 5 saturated carbocycles. The Balaban J connectivity index is 1.02. The van der Waals surface area contributed by atoms with Crippen molar-refractivity contribution in [3.8, 4) is 0 Å². The lowest BCUT2D eigenvalue weighted by atomic mass is 9.41. The predicted molar refractivity (Wildman–Crippen MR) is 188 cm³/mol. The molecule has 9 heteroatoms. The molecular formula is C41H67NO8. The zero-order valence-electron chi connectivity index (χ0n) is 32.4. The molecule has 0 amide bonds. The highest BCUT2D eigenvalue weighted by atomic mass is 16.7. The maximum absolute atomic E-state index is 12.8. The van der Waals surface area contributed by atoms with Crippen LogP contribution in [-0.2, 0) is 28.5 Å². The van der Waals surface area contributed by atoms with Gasteiger partial charge in [0.25, 0.3) is 0 Å². The van der Waals surface area contributed by atoms with Gasteiger partial charge in [0.2, 0.25) is 0 Å². The van der Waals surface area contributed by atoms with Crippen LogP contribution in [0.5, 0.6) is 0 Å². The molecule has 0 bridgehead atoms. The highest BCUT2D eigenvalue weighted by Gasteiger charge is 2.84. The number of morpholine rings is 1. The minimum absolute atomic E-state index is 0.0479. The second kappa shape index (κ2) is 11.8. The summed E-state index contributed by atoms with van der Waals surface area (Å²) in [5, 5.41) is 23.9. The summed E-state index contributed by atoms with van der Waals surface area (Å²) in [6.07, 6.45) is 6.71. The van der Waals surface area contributed by atoms with Crippen LogP contribution in [0, 0.1) is 56.7 Å². The first kappa shape index (κ1) is 36.2. The highest BCUT2D eigenvalue weighted by molar-refractivity contribution is 5.71. The number of hydrogen-bond donors (Lipinski definition) is 2. The quantitative estimate of drug-likeness (QED) is 0.329. The molecule has 14 atom stereocenters. The second-order valence-electron chi connectivity index (χ2n) is 20.3. The van der Waals surface area contributed by atoms with E-state index in [4.69, 9.17) is 23.7 Å². The molecule has 9 nitrogen and oxygen atoms in total. The van der Waals surface area contributed by atoms with E-state index in [2.05, 4.69) is 39.5 Å². The minimum atomic E-state index is -1.27. The summed E-state index contributed by atoms with van der Waals surface area (Å²) in [7, 11) is 0. The Morgan fingerprint density at radius 1 is 1.00 bits per heavy atom. The van der Waals surface area contributed by atoms with E-state index in [1.807, 2.05) is 13.8 Å². The zero-order chi connectivity index (χ0) is 35.8. The SMILES string of the molecule is CC(C)C(=O)OC(C1C[C@@H](C)[C@H]2C(O1)[C@H](O)[C@@]1(C)C3CC[C@H]4C(C)(C)C(O[C@H]5CN(C6COC6)CCO5)CCC45CC35CCC21C)C(C)(C)O. The molecule has 2 N–H and O–H groups in total. The van der Waals surface area contributed by atoms with Gasteiger partial charge in [-0.1, -0.05) is 48.5 Å². The number of carbonyl (C=O) groups is 1. The molecule has 3 aliphatic heterocycles. The molecule has 8 rings (SSSR count). The lowest BCUT2D eigenvalue weighted by Crippen LogP contribution is -2.60. The lowest BCUT2D eigenvalue weighted by Gasteiger charge is -2.64. The van der Waals surface area contributed by atoms with E-state index in [-0.39, 0.29) is 63.9 Å². The van der Waals surface area contributed by atoms with Gasteiger partial charge in [0.05, 0.1) is 68.3 Å². The fraction of sp³-hybridized carbons (Fsp3) is 0.976. The fourth-order valence-corrected chi connectivity index (χ4v) is 14.4. The van der Waals surface area contributed by atoms with Crippen molar-refractivity contribution >= 4 is 5.97 Å². The number of fused-ring (bicyclic) bond motifs is 4. The van der Waals surface area contributed by atoms with Gasteiger partial charge >= 0.3 is 5.97 Å². The van der Waals surface area contributed by atoms with E-state index >= 15 is 0 Å². The Bertz CT molecular complexity index is 1330. The van der Waals surface area contributed by atoms with Crippen molar-refractivity contribution in [3.63, 3.8) is 0 Å². The Hall–Kier alpha value is -0.810. The summed E-state index contributed by atoms with van der Waals surface area (Å²) in [4.78, 5) is 15.3. The van der Waals surface area contributed by atoms with Crippen LogP contribution >= 0.6 is 0 Å². The largest absolute Gasteiger partial charge is 0.456 e. The lowest BCUT2D eigenvalue weighted by molar-refractivity contribution is -0.256. The summed E-state index contributed by atoms with van der Waals surface area (Å²) < 4.78 is 31.5. The molecule has 3 heterocycles.